The molecule has 24 heavy (non-hydrogen) atoms. The zero-order valence-electron chi connectivity index (χ0n) is 14.1. The minimum atomic E-state index is -0.0870. The van der Waals surface area contributed by atoms with Crippen LogP contribution in [0.4, 0.5) is 0 Å². The number of hydrogen-bond donors (Lipinski definition) is 2. The molecular formula is C20H23N3O. The second kappa shape index (κ2) is 7.41. The summed E-state index contributed by atoms with van der Waals surface area (Å²) in [6, 6.07) is 18.0. The Kier molecular flexibility index (Phi) is 5.06. The summed E-state index contributed by atoms with van der Waals surface area (Å²) in [6.07, 6.45) is 2.12. The molecule has 2 N–H and O–H groups in total. The molecule has 0 spiro atoms. The molecule has 1 heterocycles. The lowest BCUT2D eigenvalue weighted by atomic mass is 10.0. The number of para-hydroxylation sites is 1. The Morgan fingerprint density at radius 3 is 2.54 bits per heavy atom. The predicted molar refractivity (Wildman–Crippen MR) is 98.0 cm³/mol. The largest absolute Gasteiger partial charge is 0.309 e. The van der Waals surface area contributed by atoms with Crippen molar-refractivity contribution in [3.63, 3.8) is 0 Å². The molecular weight excluding hydrogens is 298 g/mol. The molecule has 0 unspecified atom stereocenters. The first-order valence-electron chi connectivity index (χ1n) is 8.49. The van der Waals surface area contributed by atoms with Gasteiger partial charge in [-0.25, -0.2) is 4.98 Å². The van der Waals surface area contributed by atoms with Crippen LogP contribution >= 0.6 is 0 Å². The van der Waals surface area contributed by atoms with Crippen molar-refractivity contribution in [3.8, 4) is 0 Å². The van der Waals surface area contributed by atoms with Crippen molar-refractivity contribution < 1.29 is 0 Å². The predicted octanol–water partition coefficient (Wildman–Crippen LogP) is 4.12. The van der Waals surface area contributed by atoms with Crippen molar-refractivity contribution in [2.45, 2.75) is 38.8 Å². The smallest absolute Gasteiger partial charge is 0.258 e. The molecule has 4 nitrogen and oxygen atoms in total. The van der Waals surface area contributed by atoms with E-state index in [0.29, 0.717) is 11.2 Å². The molecule has 124 valence electrons. The Labute approximate surface area is 142 Å². The van der Waals surface area contributed by atoms with Gasteiger partial charge in [-0.05, 0) is 31.0 Å². The maximum absolute atomic E-state index is 12.3. The topological polar surface area (TPSA) is 57.8 Å². The second-order valence-corrected chi connectivity index (χ2v) is 6.11. The number of aromatic amines is 1. The third-order valence-corrected chi connectivity index (χ3v) is 4.27. The normalized spacial score (nSPS) is 13.8. The van der Waals surface area contributed by atoms with Crippen LogP contribution in [0.15, 0.2) is 59.4 Å². The summed E-state index contributed by atoms with van der Waals surface area (Å²) in [7, 11) is 0. The van der Waals surface area contributed by atoms with Crippen LogP contribution in [-0.4, -0.2) is 9.97 Å². The summed E-state index contributed by atoms with van der Waals surface area (Å²) in [6.45, 7) is 4.22. The minimum absolute atomic E-state index is 0.0425. The minimum Gasteiger partial charge on any atom is -0.309 e. The van der Waals surface area contributed by atoms with E-state index >= 15 is 0 Å². The Bertz CT molecular complexity index is 857. The first-order valence-corrected chi connectivity index (χ1v) is 8.49. The van der Waals surface area contributed by atoms with Gasteiger partial charge in [-0.3, -0.25) is 4.79 Å². The molecule has 2 aromatic carbocycles. The van der Waals surface area contributed by atoms with Gasteiger partial charge in [-0.1, -0.05) is 55.8 Å². The third kappa shape index (κ3) is 3.54. The van der Waals surface area contributed by atoms with Gasteiger partial charge in [0, 0.05) is 6.04 Å². The van der Waals surface area contributed by atoms with Crippen LogP contribution in [0.2, 0.25) is 0 Å². The van der Waals surface area contributed by atoms with Gasteiger partial charge in [0.2, 0.25) is 0 Å². The fraction of sp³-hybridized carbons (Fsp3) is 0.300. The highest BCUT2D eigenvalue weighted by Gasteiger charge is 2.17. The van der Waals surface area contributed by atoms with Crippen molar-refractivity contribution in [1.29, 1.82) is 0 Å². The third-order valence-electron chi connectivity index (χ3n) is 4.27. The highest BCUT2D eigenvalue weighted by Crippen LogP contribution is 2.22. The van der Waals surface area contributed by atoms with E-state index in [4.69, 9.17) is 0 Å². The summed E-state index contributed by atoms with van der Waals surface area (Å²) in [5, 5.41) is 4.24. The van der Waals surface area contributed by atoms with E-state index in [0.717, 1.165) is 18.4 Å². The number of hydrogen-bond acceptors (Lipinski definition) is 3. The Morgan fingerprint density at radius 1 is 1.08 bits per heavy atom. The van der Waals surface area contributed by atoms with Crippen molar-refractivity contribution >= 4 is 10.9 Å². The van der Waals surface area contributed by atoms with E-state index in [1.807, 2.05) is 31.2 Å². The average molecular weight is 321 g/mol. The summed E-state index contributed by atoms with van der Waals surface area (Å²) < 4.78 is 0. The Balaban J connectivity index is 1.88. The lowest BCUT2D eigenvalue weighted by Crippen LogP contribution is -2.27. The summed E-state index contributed by atoms with van der Waals surface area (Å²) >= 11 is 0. The zero-order chi connectivity index (χ0) is 16.9. The lowest BCUT2D eigenvalue weighted by molar-refractivity contribution is 0.428. The van der Waals surface area contributed by atoms with Crippen molar-refractivity contribution in [3.05, 3.63) is 76.3 Å². The van der Waals surface area contributed by atoms with Crippen LogP contribution in [0.5, 0.6) is 0 Å². The van der Waals surface area contributed by atoms with E-state index in [1.165, 1.54) is 5.56 Å². The number of aromatic nitrogens is 2. The van der Waals surface area contributed by atoms with Crippen LogP contribution in [0.3, 0.4) is 0 Å². The molecule has 3 rings (SSSR count). The molecule has 0 aliphatic heterocycles. The molecule has 1 aromatic heterocycles. The number of fused-ring (bicyclic) bond motifs is 1. The molecule has 0 saturated heterocycles. The fourth-order valence-electron chi connectivity index (χ4n) is 3.01. The molecule has 0 bridgehead atoms. The number of nitrogens with zero attached hydrogens (tertiary/aromatic N) is 1. The van der Waals surface area contributed by atoms with E-state index < -0.39 is 0 Å². The second-order valence-electron chi connectivity index (χ2n) is 6.11. The van der Waals surface area contributed by atoms with Gasteiger partial charge >= 0.3 is 0 Å². The van der Waals surface area contributed by atoms with Gasteiger partial charge in [0.05, 0.1) is 16.9 Å². The maximum atomic E-state index is 12.3. The molecule has 0 fully saturated rings. The van der Waals surface area contributed by atoms with Crippen LogP contribution < -0.4 is 10.9 Å². The highest BCUT2D eigenvalue weighted by molar-refractivity contribution is 5.77. The zero-order valence-corrected chi connectivity index (χ0v) is 14.1. The quantitative estimate of drug-likeness (QED) is 0.718. The molecule has 0 amide bonds. The van der Waals surface area contributed by atoms with Crippen molar-refractivity contribution in [2.75, 3.05) is 0 Å². The molecule has 2 atom stereocenters. The van der Waals surface area contributed by atoms with E-state index in [-0.39, 0.29) is 17.6 Å². The molecule has 4 heteroatoms. The SMILES string of the molecule is CCC[C@@H](N[C@H](C)c1nc2ccccc2c(=O)[nH]1)c1ccccc1. The first-order chi connectivity index (χ1) is 11.7. The van der Waals surface area contributed by atoms with Crippen LogP contribution in [0, 0.1) is 0 Å². The molecule has 0 radical (unpaired) electrons. The number of benzene rings is 2. The fourth-order valence-corrected chi connectivity index (χ4v) is 3.01. The van der Waals surface area contributed by atoms with Gasteiger partial charge < -0.3 is 10.3 Å². The number of H-pyrrole nitrogens is 1. The first kappa shape index (κ1) is 16.4. The van der Waals surface area contributed by atoms with Gasteiger partial charge in [-0.15, -0.1) is 0 Å². The van der Waals surface area contributed by atoms with E-state index in [1.54, 1.807) is 6.07 Å². The van der Waals surface area contributed by atoms with Gasteiger partial charge in [0.1, 0.15) is 5.82 Å². The Hall–Kier alpha value is -2.46. The lowest BCUT2D eigenvalue weighted by Gasteiger charge is -2.23. The summed E-state index contributed by atoms with van der Waals surface area (Å²) in [5.74, 6) is 0.677. The maximum Gasteiger partial charge on any atom is 0.258 e. The average Bonchev–Trinajstić information content (AvgIpc) is 2.62. The van der Waals surface area contributed by atoms with Crippen LogP contribution in [0.25, 0.3) is 10.9 Å². The molecule has 0 saturated carbocycles. The van der Waals surface area contributed by atoms with Gasteiger partial charge in [0.15, 0.2) is 0 Å². The molecule has 0 aliphatic carbocycles. The monoisotopic (exact) mass is 321 g/mol. The standard InChI is InChI=1S/C20H23N3O/c1-3-9-17(15-10-5-4-6-11-15)21-14(2)19-22-18-13-8-7-12-16(18)20(24)23-19/h4-8,10-14,17,21H,3,9H2,1-2H3,(H,22,23,24)/t14-,17-/m1/s1. The summed E-state index contributed by atoms with van der Waals surface area (Å²) in [5.41, 5.74) is 1.90. The van der Waals surface area contributed by atoms with Crippen molar-refractivity contribution in [1.82, 2.24) is 15.3 Å². The Morgan fingerprint density at radius 2 is 1.79 bits per heavy atom. The summed E-state index contributed by atoms with van der Waals surface area (Å²) in [4.78, 5) is 19.8. The van der Waals surface area contributed by atoms with Crippen molar-refractivity contribution in [2.24, 2.45) is 0 Å². The molecule has 3 aromatic rings. The van der Waals surface area contributed by atoms with Crippen LogP contribution in [-0.2, 0) is 0 Å². The molecule has 0 aliphatic rings. The van der Waals surface area contributed by atoms with Crippen LogP contribution in [0.1, 0.15) is 50.2 Å². The van der Waals surface area contributed by atoms with Gasteiger partial charge in [-0.2, -0.15) is 0 Å². The number of nitrogens with one attached hydrogen (secondary N) is 2. The van der Waals surface area contributed by atoms with Gasteiger partial charge in [0.25, 0.3) is 5.56 Å². The highest BCUT2D eigenvalue weighted by atomic mass is 16.1. The van der Waals surface area contributed by atoms with E-state index in [9.17, 15) is 4.79 Å². The number of rotatable bonds is 6. The van der Waals surface area contributed by atoms with E-state index in [2.05, 4.69) is 46.5 Å².